The summed E-state index contributed by atoms with van der Waals surface area (Å²) in [5.74, 6) is -0.706. The lowest BCUT2D eigenvalue weighted by molar-refractivity contribution is -0.385. The first-order valence-corrected chi connectivity index (χ1v) is 10.6. The Balaban J connectivity index is 1.46. The summed E-state index contributed by atoms with van der Waals surface area (Å²) in [6, 6.07) is 7.95. The van der Waals surface area contributed by atoms with Gasteiger partial charge >= 0.3 is 11.8 Å². The van der Waals surface area contributed by atoms with E-state index >= 15 is 0 Å². The van der Waals surface area contributed by atoms with Gasteiger partial charge in [-0.1, -0.05) is 28.9 Å². The van der Waals surface area contributed by atoms with E-state index in [1.165, 1.54) is 12.1 Å². The molecule has 3 aromatic rings. The third kappa shape index (κ3) is 5.87. The monoisotopic (exact) mass is 487 g/mol. The van der Waals surface area contributed by atoms with Crippen LogP contribution in [-0.4, -0.2) is 46.6 Å². The summed E-state index contributed by atoms with van der Waals surface area (Å²) in [5, 5.41) is 20.7. The van der Waals surface area contributed by atoms with Gasteiger partial charge in [0.15, 0.2) is 6.61 Å². The number of aromatic nitrogens is 2. The zero-order valence-corrected chi connectivity index (χ0v) is 19.4. The standard InChI is InChI=1S/C22H22ClN5O6/c1-12-9-15(10-13(2)19(12)23)33-11-18(29)24-7-8-25-21(30)22-26-20(27-34-22)16-5-4-6-17(14(16)3)28(31)32/h4-6,9-10H,7-8,11H2,1-3H3,(H,24,29)(H,25,30). The first-order chi connectivity index (χ1) is 16.2. The number of hydrogen-bond donors (Lipinski definition) is 2. The molecule has 0 radical (unpaired) electrons. The number of nitro groups is 1. The maximum atomic E-state index is 12.2. The van der Waals surface area contributed by atoms with E-state index in [1.807, 2.05) is 13.8 Å². The van der Waals surface area contributed by atoms with E-state index in [0.717, 1.165) is 11.1 Å². The largest absolute Gasteiger partial charge is 0.484 e. The third-order valence-electron chi connectivity index (χ3n) is 4.88. The summed E-state index contributed by atoms with van der Waals surface area (Å²) in [6.45, 7) is 5.33. The third-order valence-corrected chi connectivity index (χ3v) is 5.47. The number of nitro benzene ring substituents is 1. The second-order valence-corrected chi connectivity index (χ2v) is 7.77. The Morgan fingerprint density at radius 3 is 2.50 bits per heavy atom. The van der Waals surface area contributed by atoms with Gasteiger partial charge in [0.2, 0.25) is 5.82 Å². The van der Waals surface area contributed by atoms with Crippen LogP contribution in [0.2, 0.25) is 5.02 Å². The number of hydrogen-bond acceptors (Lipinski definition) is 8. The van der Waals surface area contributed by atoms with Crippen molar-refractivity contribution in [3.8, 4) is 17.1 Å². The molecule has 2 aromatic carbocycles. The lowest BCUT2D eigenvalue weighted by Gasteiger charge is -2.10. The summed E-state index contributed by atoms with van der Waals surface area (Å²) in [7, 11) is 0. The summed E-state index contributed by atoms with van der Waals surface area (Å²) >= 11 is 6.11. The predicted molar refractivity (Wildman–Crippen MR) is 123 cm³/mol. The van der Waals surface area contributed by atoms with Crippen LogP contribution in [0.15, 0.2) is 34.9 Å². The van der Waals surface area contributed by atoms with E-state index in [-0.39, 0.29) is 43.0 Å². The van der Waals surface area contributed by atoms with Crippen molar-refractivity contribution >= 4 is 29.1 Å². The van der Waals surface area contributed by atoms with Crippen molar-refractivity contribution in [2.24, 2.45) is 0 Å². The summed E-state index contributed by atoms with van der Waals surface area (Å²) in [5.41, 5.74) is 2.35. The quantitative estimate of drug-likeness (QED) is 0.265. The van der Waals surface area contributed by atoms with Gasteiger partial charge in [-0.05, 0) is 44.0 Å². The summed E-state index contributed by atoms with van der Waals surface area (Å²) in [6.07, 6.45) is 0. The average Bonchev–Trinajstić information content (AvgIpc) is 3.28. The highest BCUT2D eigenvalue weighted by atomic mass is 35.5. The molecule has 0 atom stereocenters. The van der Waals surface area contributed by atoms with Crippen LogP contribution in [0.4, 0.5) is 5.69 Å². The van der Waals surface area contributed by atoms with Crippen LogP contribution in [0.5, 0.6) is 5.75 Å². The molecule has 0 aliphatic carbocycles. The Bertz CT molecular complexity index is 1220. The minimum atomic E-state index is -0.639. The van der Waals surface area contributed by atoms with E-state index in [1.54, 1.807) is 25.1 Å². The van der Waals surface area contributed by atoms with Gasteiger partial charge in [0.05, 0.1) is 4.92 Å². The van der Waals surface area contributed by atoms with Crippen LogP contribution >= 0.6 is 11.6 Å². The molecule has 0 fully saturated rings. The second-order valence-electron chi connectivity index (χ2n) is 7.40. The number of carbonyl (C=O) groups is 2. The molecule has 0 aliphatic rings. The highest BCUT2D eigenvalue weighted by molar-refractivity contribution is 6.32. The molecule has 11 nitrogen and oxygen atoms in total. The lowest BCUT2D eigenvalue weighted by atomic mass is 10.1. The molecule has 0 bridgehead atoms. The molecule has 0 unspecified atom stereocenters. The van der Waals surface area contributed by atoms with E-state index in [0.29, 0.717) is 21.9 Å². The predicted octanol–water partition coefficient (Wildman–Crippen LogP) is 3.15. The van der Waals surface area contributed by atoms with Crippen molar-refractivity contribution in [2.45, 2.75) is 20.8 Å². The molecule has 0 saturated heterocycles. The topological polar surface area (TPSA) is 149 Å². The van der Waals surface area contributed by atoms with Crippen molar-refractivity contribution in [2.75, 3.05) is 19.7 Å². The van der Waals surface area contributed by atoms with Gasteiger partial charge in [-0.2, -0.15) is 4.98 Å². The van der Waals surface area contributed by atoms with Crippen LogP contribution in [0.25, 0.3) is 11.4 Å². The minimum absolute atomic E-state index is 0.0597. The Kier molecular flexibility index (Phi) is 7.79. The van der Waals surface area contributed by atoms with Crippen LogP contribution in [-0.2, 0) is 4.79 Å². The first kappa shape index (κ1) is 24.6. The number of nitrogens with zero attached hydrogens (tertiary/aromatic N) is 3. The number of halogens is 1. The number of benzene rings is 2. The maximum absolute atomic E-state index is 12.2. The average molecular weight is 488 g/mol. The first-order valence-electron chi connectivity index (χ1n) is 10.2. The number of nitrogens with one attached hydrogen (secondary N) is 2. The molecule has 178 valence electrons. The molecular formula is C22H22ClN5O6. The lowest BCUT2D eigenvalue weighted by Crippen LogP contribution is -2.36. The molecule has 0 saturated carbocycles. The van der Waals surface area contributed by atoms with E-state index in [9.17, 15) is 19.7 Å². The number of ether oxygens (including phenoxy) is 1. The van der Waals surface area contributed by atoms with E-state index < -0.39 is 10.8 Å². The molecule has 34 heavy (non-hydrogen) atoms. The number of amides is 2. The van der Waals surface area contributed by atoms with Gasteiger partial charge in [0.25, 0.3) is 11.6 Å². The highest BCUT2D eigenvalue weighted by Gasteiger charge is 2.20. The van der Waals surface area contributed by atoms with Gasteiger partial charge in [-0.3, -0.25) is 19.7 Å². The van der Waals surface area contributed by atoms with Crippen LogP contribution in [0, 0.1) is 30.9 Å². The van der Waals surface area contributed by atoms with Crippen molar-refractivity contribution in [1.82, 2.24) is 20.8 Å². The van der Waals surface area contributed by atoms with E-state index in [4.69, 9.17) is 20.9 Å². The Morgan fingerprint density at radius 2 is 1.82 bits per heavy atom. The molecule has 1 heterocycles. The van der Waals surface area contributed by atoms with Crippen molar-refractivity contribution in [1.29, 1.82) is 0 Å². The fourth-order valence-electron chi connectivity index (χ4n) is 3.13. The fraction of sp³-hybridized carbons (Fsp3) is 0.273. The van der Waals surface area contributed by atoms with Crippen LogP contribution in [0.3, 0.4) is 0 Å². The Hall–Kier alpha value is -3.99. The van der Waals surface area contributed by atoms with Crippen LogP contribution < -0.4 is 15.4 Å². The number of carbonyl (C=O) groups excluding carboxylic acids is 2. The Labute approximate surface area is 199 Å². The molecule has 2 amide bonds. The van der Waals surface area contributed by atoms with Gasteiger partial charge in [-0.15, -0.1) is 0 Å². The highest BCUT2D eigenvalue weighted by Crippen LogP contribution is 2.28. The van der Waals surface area contributed by atoms with E-state index in [2.05, 4.69) is 20.8 Å². The molecule has 0 spiro atoms. The molecule has 0 aliphatic heterocycles. The number of rotatable bonds is 9. The van der Waals surface area contributed by atoms with Gasteiger partial charge in [-0.25, -0.2) is 0 Å². The zero-order valence-electron chi connectivity index (χ0n) is 18.7. The zero-order chi connectivity index (χ0) is 24.8. The number of aryl methyl sites for hydroxylation is 2. The molecule has 3 rings (SSSR count). The van der Waals surface area contributed by atoms with Gasteiger partial charge in [0, 0.05) is 35.3 Å². The summed E-state index contributed by atoms with van der Waals surface area (Å²) in [4.78, 5) is 38.8. The second kappa shape index (κ2) is 10.8. The molecular weight excluding hydrogens is 466 g/mol. The molecule has 1 aromatic heterocycles. The van der Waals surface area contributed by atoms with Gasteiger partial charge in [0.1, 0.15) is 5.75 Å². The summed E-state index contributed by atoms with van der Waals surface area (Å²) < 4.78 is 10.4. The normalized spacial score (nSPS) is 10.6. The molecule has 2 N–H and O–H groups in total. The van der Waals surface area contributed by atoms with Gasteiger partial charge < -0.3 is 19.9 Å². The smallest absolute Gasteiger partial charge is 0.316 e. The SMILES string of the molecule is Cc1cc(OCC(=O)NCCNC(=O)c2nc(-c3cccc([N+](=O)[O-])c3C)no2)cc(C)c1Cl. The van der Waals surface area contributed by atoms with Crippen LogP contribution in [0.1, 0.15) is 27.4 Å². The fourth-order valence-corrected chi connectivity index (χ4v) is 3.24. The maximum Gasteiger partial charge on any atom is 0.316 e. The minimum Gasteiger partial charge on any atom is -0.484 e. The molecule has 12 heteroatoms. The van der Waals surface area contributed by atoms with Crippen molar-refractivity contribution < 1.29 is 23.8 Å². The Morgan fingerprint density at radius 1 is 1.15 bits per heavy atom. The van der Waals surface area contributed by atoms with Crippen molar-refractivity contribution in [3.63, 3.8) is 0 Å². The van der Waals surface area contributed by atoms with Crippen molar-refractivity contribution in [3.05, 3.63) is 68.0 Å².